The Hall–Kier alpha value is -3.94. The quantitative estimate of drug-likeness (QED) is 0.212. The third-order valence-corrected chi connectivity index (χ3v) is 9.45. The molecule has 2 aliphatic rings. The summed E-state index contributed by atoms with van der Waals surface area (Å²) in [5.74, 6) is -3.86. The third kappa shape index (κ3) is 11.0. The maximum Gasteiger partial charge on any atom is 0.289 e. The summed E-state index contributed by atoms with van der Waals surface area (Å²) in [7, 11) is 0. The number of amides is 5. The van der Waals surface area contributed by atoms with E-state index >= 15 is 0 Å². The molecule has 14 nitrogen and oxygen atoms in total. The molecule has 1 aromatic heterocycles. The molecule has 14 heteroatoms. The largest absolute Gasteiger partial charge is 0.371 e. The van der Waals surface area contributed by atoms with Gasteiger partial charge in [0.1, 0.15) is 23.8 Å². The average molecular weight is 700 g/mol. The molecular weight excluding hydrogens is 642 g/mol. The summed E-state index contributed by atoms with van der Waals surface area (Å²) < 4.78 is 5.98. The van der Waals surface area contributed by atoms with Crippen LogP contribution in [0.5, 0.6) is 0 Å². The van der Waals surface area contributed by atoms with Crippen LogP contribution in [0.15, 0.2) is 18.6 Å². The molecule has 0 aromatic carbocycles. The molecule has 2 heterocycles. The average Bonchev–Trinajstić information content (AvgIpc) is 3.08. The van der Waals surface area contributed by atoms with Crippen molar-refractivity contribution < 1.29 is 33.5 Å². The van der Waals surface area contributed by atoms with Gasteiger partial charge in [-0.15, -0.1) is 0 Å². The van der Waals surface area contributed by atoms with Crippen molar-refractivity contribution in [2.75, 3.05) is 13.2 Å². The molecule has 1 saturated heterocycles. The molecule has 0 bridgehead atoms. The molecule has 1 aromatic rings. The van der Waals surface area contributed by atoms with E-state index in [9.17, 15) is 28.8 Å². The Morgan fingerprint density at radius 3 is 2.24 bits per heavy atom. The molecule has 5 atom stereocenters. The summed E-state index contributed by atoms with van der Waals surface area (Å²) in [6.45, 7) is 14.4. The van der Waals surface area contributed by atoms with E-state index in [4.69, 9.17) is 4.74 Å². The topological polar surface area (TPSA) is 189 Å². The number of Topliss-reactive ketones (excluding diaryl/α,β-unsaturated/α-hetero) is 1. The highest BCUT2D eigenvalue weighted by Gasteiger charge is 2.46. The molecule has 1 saturated carbocycles. The minimum atomic E-state index is -1.13. The number of nitrogens with zero attached hydrogens (tertiary/aromatic N) is 3. The standard InChI is InChI=1S/C36H57N7O7/c1-9-14-24(28(44)33(48)39-22(3)10-2)40-31(46)26-20-50-36(7,8)21-43(26)34(49)29(35(4,5)6)42-32(47)27(23-15-12-11-13-16-23)41-30(45)25-19-37-17-18-38-25/h17-19,22-24,26-27,29H,9-16,20-21H2,1-8H3,(H,39,48)(H,40,46)(H,41,45)(H,42,47)/t22?,24-,26-,27-,29+/m0/s1. The lowest BCUT2D eigenvalue weighted by atomic mass is 9.82. The first kappa shape index (κ1) is 40.5. The fraction of sp³-hybridized carbons (Fsp3) is 0.722. The van der Waals surface area contributed by atoms with Crippen LogP contribution in [0.25, 0.3) is 0 Å². The lowest BCUT2D eigenvalue weighted by Gasteiger charge is -2.46. The van der Waals surface area contributed by atoms with Gasteiger partial charge in [0.15, 0.2) is 0 Å². The molecule has 1 aliphatic carbocycles. The first-order chi connectivity index (χ1) is 23.5. The second-order valence-corrected chi connectivity index (χ2v) is 15.3. The Balaban J connectivity index is 1.89. The highest BCUT2D eigenvalue weighted by molar-refractivity contribution is 6.38. The summed E-state index contributed by atoms with van der Waals surface area (Å²) in [4.78, 5) is 91.0. The molecule has 1 unspecified atom stereocenters. The van der Waals surface area contributed by atoms with Gasteiger partial charge >= 0.3 is 0 Å². The molecule has 2 fully saturated rings. The summed E-state index contributed by atoms with van der Waals surface area (Å²) in [5.41, 5.74) is -1.55. The Kier molecular flexibility index (Phi) is 14.4. The van der Waals surface area contributed by atoms with E-state index in [0.717, 1.165) is 32.1 Å². The van der Waals surface area contributed by atoms with Crippen LogP contribution in [0.4, 0.5) is 0 Å². The lowest BCUT2D eigenvalue weighted by Crippen LogP contribution is -2.67. The Bertz CT molecular complexity index is 1360. The van der Waals surface area contributed by atoms with Crippen LogP contribution in [0.3, 0.4) is 0 Å². The zero-order valence-electron chi connectivity index (χ0n) is 31.0. The zero-order valence-corrected chi connectivity index (χ0v) is 31.0. The molecule has 0 radical (unpaired) electrons. The van der Waals surface area contributed by atoms with E-state index in [1.807, 2.05) is 34.6 Å². The number of carbonyl (C=O) groups is 6. The van der Waals surface area contributed by atoms with E-state index in [1.165, 1.54) is 23.5 Å². The van der Waals surface area contributed by atoms with Crippen LogP contribution in [-0.2, 0) is 28.7 Å². The highest BCUT2D eigenvalue weighted by Crippen LogP contribution is 2.30. The number of morpholine rings is 1. The maximum absolute atomic E-state index is 14.6. The Labute approximate surface area is 296 Å². The van der Waals surface area contributed by atoms with Gasteiger partial charge in [-0.1, -0.05) is 60.3 Å². The van der Waals surface area contributed by atoms with Gasteiger partial charge in [-0.2, -0.15) is 0 Å². The number of aromatic nitrogens is 2. The number of rotatable bonds is 14. The SMILES string of the molecule is CCC[C@H](NC(=O)[C@@H]1COC(C)(C)CN1C(=O)[C@@H](NC(=O)[C@@H](NC(=O)c1cnccn1)C1CCCCC1)C(C)(C)C)C(=O)C(=O)NC(C)CC. The number of ketones is 1. The summed E-state index contributed by atoms with van der Waals surface area (Å²) in [6, 6.07) is -4.45. The van der Waals surface area contributed by atoms with Gasteiger partial charge < -0.3 is 30.9 Å². The molecule has 0 spiro atoms. The minimum Gasteiger partial charge on any atom is -0.371 e. The van der Waals surface area contributed by atoms with Crippen LogP contribution in [0.2, 0.25) is 0 Å². The second kappa shape index (κ2) is 17.8. The molecular formula is C36H57N7O7. The molecule has 5 amide bonds. The molecule has 4 N–H and O–H groups in total. The fourth-order valence-corrected chi connectivity index (χ4v) is 6.33. The van der Waals surface area contributed by atoms with E-state index < -0.39 is 70.5 Å². The Morgan fingerprint density at radius 2 is 1.66 bits per heavy atom. The van der Waals surface area contributed by atoms with Gasteiger partial charge in [-0.3, -0.25) is 33.8 Å². The summed E-state index contributed by atoms with van der Waals surface area (Å²) >= 11 is 0. The zero-order chi connectivity index (χ0) is 37.2. The van der Waals surface area contributed by atoms with Gasteiger partial charge in [0.05, 0.1) is 31.0 Å². The van der Waals surface area contributed by atoms with Crippen molar-refractivity contribution >= 4 is 35.3 Å². The van der Waals surface area contributed by atoms with Crippen molar-refractivity contribution in [3.8, 4) is 0 Å². The van der Waals surface area contributed by atoms with Crippen molar-refractivity contribution in [3.63, 3.8) is 0 Å². The van der Waals surface area contributed by atoms with Gasteiger partial charge in [0.2, 0.25) is 23.5 Å². The molecule has 1 aliphatic heterocycles. The van der Waals surface area contributed by atoms with Gasteiger partial charge in [-0.25, -0.2) is 4.98 Å². The molecule has 3 rings (SSSR count). The summed E-state index contributed by atoms with van der Waals surface area (Å²) in [5, 5.41) is 11.2. The normalized spacial score (nSPS) is 20.4. The first-order valence-electron chi connectivity index (χ1n) is 18.0. The molecule has 278 valence electrons. The predicted molar refractivity (Wildman–Crippen MR) is 187 cm³/mol. The van der Waals surface area contributed by atoms with Crippen molar-refractivity contribution in [2.45, 2.75) is 143 Å². The first-order valence-corrected chi connectivity index (χ1v) is 18.0. The van der Waals surface area contributed by atoms with Crippen molar-refractivity contribution in [2.24, 2.45) is 11.3 Å². The van der Waals surface area contributed by atoms with Crippen LogP contribution >= 0.6 is 0 Å². The number of hydrogen-bond donors (Lipinski definition) is 4. The van der Waals surface area contributed by atoms with Crippen LogP contribution in [0.1, 0.15) is 117 Å². The third-order valence-electron chi connectivity index (χ3n) is 9.45. The van der Waals surface area contributed by atoms with Gasteiger partial charge in [0.25, 0.3) is 11.8 Å². The van der Waals surface area contributed by atoms with Gasteiger partial charge in [-0.05, 0) is 57.8 Å². The predicted octanol–water partition coefficient (Wildman–Crippen LogP) is 2.46. The highest BCUT2D eigenvalue weighted by atomic mass is 16.5. The number of carbonyl (C=O) groups excluding carboxylic acids is 6. The second-order valence-electron chi connectivity index (χ2n) is 15.3. The minimum absolute atomic E-state index is 0.0305. The monoisotopic (exact) mass is 699 g/mol. The Morgan fingerprint density at radius 1 is 0.980 bits per heavy atom. The van der Waals surface area contributed by atoms with E-state index in [0.29, 0.717) is 12.8 Å². The van der Waals surface area contributed by atoms with Crippen molar-refractivity contribution in [1.29, 1.82) is 0 Å². The smallest absolute Gasteiger partial charge is 0.289 e. The number of ether oxygens (including phenoxy) is 1. The number of nitrogens with one attached hydrogen (secondary N) is 4. The van der Waals surface area contributed by atoms with E-state index in [1.54, 1.807) is 20.8 Å². The van der Waals surface area contributed by atoms with E-state index in [2.05, 4.69) is 31.2 Å². The molecule has 50 heavy (non-hydrogen) atoms. The van der Waals surface area contributed by atoms with Gasteiger partial charge in [0, 0.05) is 18.4 Å². The van der Waals surface area contributed by atoms with E-state index in [-0.39, 0.29) is 37.2 Å². The van der Waals surface area contributed by atoms with Crippen molar-refractivity contribution in [3.05, 3.63) is 24.3 Å². The van der Waals surface area contributed by atoms with Crippen molar-refractivity contribution in [1.82, 2.24) is 36.1 Å². The van der Waals surface area contributed by atoms with Crippen LogP contribution < -0.4 is 21.3 Å². The maximum atomic E-state index is 14.6. The number of hydrogen-bond acceptors (Lipinski definition) is 9. The summed E-state index contributed by atoms with van der Waals surface area (Å²) in [6.07, 6.45) is 9.91. The van der Waals surface area contributed by atoms with Crippen LogP contribution in [0, 0.1) is 11.3 Å². The lowest BCUT2D eigenvalue weighted by molar-refractivity contribution is -0.167. The fourth-order valence-electron chi connectivity index (χ4n) is 6.33. The van der Waals surface area contributed by atoms with Crippen LogP contribution in [-0.4, -0.2) is 99.1 Å².